The van der Waals surface area contributed by atoms with E-state index < -0.39 is 17.7 Å². The molecular formula is C7H7ClO4. The highest BCUT2D eigenvalue weighted by atomic mass is 35.5. The zero-order chi connectivity index (χ0) is 9.35. The number of carboxylic acids is 1. The van der Waals surface area contributed by atoms with Gasteiger partial charge in [0.05, 0.1) is 5.03 Å². The van der Waals surface area contributed by atoms with Gasteiger partial charge in [0.25, 0.3) is 0 Å². The lowest BCUT2D eigenvalue weighted by Gasteiger charge is -2.27. The molecule has 0 aromatic heterocycles. The van der Waals surface area contributed by atoms with Crippen molar-refractivity contribution in [1.29, 1.82) is 0 Å². The highest BCUT2D eigenvalue weighted by molar-refractivity contribution is 6.30. The largest absolute Gasteiger partial charge is 0.479 e. The number of hydrogen-bond acceptors (Lipinski definition) is 3. The van der Waals surface area contributed by atoms with Gasteiger partial charge in [-0.05, 0) is 12.2 Å². The first kappa shape index (κ1) is 9.25. The molecular weight excluding hydrogens is 184 g/mol. The number of aliphatic hydroxyl groups excluding tert-OH is 1. The van der Waals surface area contributed by atoms with E-state index in [0.29, 0.717) is 0 Å². The van der Waals surface area contributed by atoms with Crippen LogP contribution in [0.5, 0.6) is 0 Å². The van der Waals surface area contributed by atoms with Crippen LogP contribution in [-0.4, -0.2) is 33.0 Å². The van der Waals surface area contributed by atoms with Crippen LogP contribution in [0.1, 0.15) is 0 Å². The van der Waals surface area contributed by atoms with Gasteiger partial charge in [-0.25, -0.2) is 4.79 Å². The number of rotatable bonds is 1. The van der Waals surface area contributed by atoms with Crippen LogP contribution in [0, 0.1) is 0 Å². The normalized spacial score (nSPS) is 34.6. The second-order valence-corrected chi connectivity index (χ2v) is 2.88. The Morgan fingerprint density at radius 2 is 2.25 bits per heavy atom. The molecule has 12 heavy (non-hydrogen) atoms. The number of halogens is 1. The van der Waals surface area contributed by atoms with E-state index in [1.54, 1.807) is 0 Å². The molecule has 0 aromatic carbocycles. The molecule has 66 valence electrons. The van der Waals surface area contributed by atoms with Gasteiger partial charge in [-0.15, -0.1) is 0 Å². The molecule has 1 rings (SSSR count). The van der Waals surface area contributed by atoms with Crippen molar-refractivity contribution in [2.24, 2.45) is 0 Å². The van der Waals surface area contributed by atoms with Crippen LogP contribution in [0.4, 0.5) is 0 Å². The number of hydrogen-bond donors (Lipinski definition) is 3. The molecule has 0 aliphatic heterocycles. The Hall–Kier alpha value is -0.840. The summed E-state index contributed by atoms with van der Waals surface area (Å²) in [5.74, 6) is -1.53. The van der Waals surface area contributed by atoms with Crippen molar-refractivity contribution in [2.75, 3.05) is 0 Å². The van der Waals surface area contributed by atoms with E-state index in [2.05, 4.69) is 0 Å². The van der Waals surface area contributed by atoms with Gasteiger partial charge < -0.3 is 15.3 Å². The summed E-state index contributed by atoms with van der Waals surface area (Å²) >= 11 is 5.43. The van der Waals surface area contributed by atoms with Crippen molar-refractivity contribution in [1.82, 2.24) is 0 Å². The number of allylic oxidation sites excluding steroid dienone is 2. The molecule has 0 fully saturated rings. The standard InChI is InChI=1S/C7H7ClO4/c8-4-2-1-3-7(12,5(4)9)6(10)11/h1-3,5,9,12H,(H,10,11)/t5-,7+/m0/s1. The Morgan fingerprint density at radius 3 is 2.67 bits per heavy atom. The molecule has 0 radical (unpaired) electrons. The summed E-state index contributed by atoms with van der Waals surface area (Å²) in [5, 5.41) is 27.0. The van der Waals surface area contributed by atoms with Gasteiger partial charge in [-0.1, -0.05) is 17.7 Å². The Balaban J connectivity index is 3.03. The van der Waals surface area contributed by atoms with E-state index in [-0.39, 0.29) is 5.03 Å². The monoisotopic (exact) mass is 190 g/mol. The van der Waals surface area contributed by atoms with Crippen LogP contribution >= 0.6 is 11.6 Å². The summed E-state index contributed by atoms with van der Waals surface area (Å²) in [6, 6.07) is 0. The third-order valence-corrected chi connectivity index (χ3v) is 1.96. The van der Waals surface area contributed by atoms with Crippen molar-refractivity contribution in [3.63, 3.8) is 0 Å². The summed E-state index contributed by atoms with van der Waals surface area (Å²) in [7, 11) is 0. The Kier molecular flexibility index (Phi) is 2.23. The molecule has 2 atom stereocenters. The molecule has 0 saturated carbocycles. The van der Waals surface area contributed by atoms with Gasteiger partial charge in [0, 0.05) is 0 Å². The van der Waals surface area contributed by atoms with Gasteiger partial charge in [-0.3, -0.25) is 0 Å². The second kappa shape index (κ2) is 2.90. The molecule has 1 aliphatic rings. The highest BCUT2D eigenvalue weighted by Crippen LogP contribution is 2.26. The molecule has 0 aromatic rings. The second-order valence-electron chi connectivity index (χ2n) is 2.44. The molecule has 5 heteroatoms. The summed E-state index contributed by atoms with van der Waals surface area (Å²) in [5.41, 5.74) is -2.30. The summed E-state index contributed by atoms with van der Waals surface area (Å²) in [4.78, 5) is 10.5. The van der Waals surface area contributed by atoms with E-state index in [4.69, 9.17) is 16.7 Å². The molecule has 0 saturated heterocycles. The minimum atomic E-state index is -2.30. The van der Waals surface area contributed by atoms with Crippen molar-refractivity contribution in [3.8, 4) is 0 Å². The van der Waals surface area contributed by atoms with Gasteiger partial charge in [0.2, 0.25) is 5.60 Å². The fraction of sp³-hybridized carbons (Fsp3) is 0.286. The fourth-order valence-electron chi connectivity index (χ4n) is 0.867. The first-order chi connectivity index (χ1) is 5.48. The lowest BCUT2D eigenvalue weighted by Crippen LogP contribution is -2.49. The minimum Gasteiger partial charge on any atom is -0.479 e. The quantitative estimate of drug-likeness (QED) is 0.538. The number of carboxylic acid groups (broad SMARTS) is 1. The van der Waals surface area contributed by atoms with Crippen LogP contribution in [0.25, 0.3) is 0 Å². The van der Waals surface area contributed by atoms with Crippen molar-refractivity contribution in [2.45, 2.75) is 11.7 Å². The summed E-state index contributed by atoms with van der Waals surface area (Å²) < 4.78 is 0. The third kappa shape index (κ3) is 1.24. The van der Waals surface area contributed by atoms with Gasteiger partial charge in [0.1, 0.15) is 6.10 Å². The average Bonchev–Trinajstić information content (AvgIpc) is 2.00. The van der Waals surface area contributed by atoms with E-state index in [1.165, 1.54) is 12.2 Å². The number of aliphatic hydroxyl groups is 2. The fourth-order valence-corrected chi connectivity index (χ4v) is 1.11. The predicted octanol–water partition coefficient (Wildman–Crippen LogP) is -0.144. The third-order valence-electron chi connectivity index (χ3n) is 1.63. The molecule has 3 N–H and O–H groups in total. The molecule has 1 aliphatic carbocycles. The number of aliphatic carboxylic acids is 1. The summed E-state index contributed by atoms with van der Waals surface area (Å²) in [6.45, 7) is 0. The van der Waals surface area contributed by atoms with Crippen LogP contribution in [-0.2, 0) is 4.79 Å². The van der Waals surface area contributed by atoms with E-state index in [9.17, 15) is 15.0 Å². The van der Waals surface area contributed by atoms with Crippen molar-refractivity contribution < 1.29 is 20.1 Å². The van der Waals surface area contributed by atoms with Crippen LogP contribution in [0.2, 0.25) is 0 Å². The topological polar surface area (TPSA) is 77.8 Å². The lowest BCUT2D eigenvalue weighted by atomic mass is 9.92. The Bertz CT molecular complexity index is 271. The average molecular weight is 191 g/mol. The van der Waals surface area contributed by atoms with E-state index in [1.807, 2.05) is 0 Å². The van der Waals surface area contributed by atoms with Crippen LogP contribution < -0.4 is 0 Å². The smallest absolute Gasteiger partial charge is 0.342 e. The molecule has 0 bridgehead atoms. The Morgan fingerprint density at radius 1 is 1.67 bits per heavy atom. The van der Waals surface area contributed by atoms with Crippen molar-refractivity contribution in [3.05, 3.63) is 23.3 Å². The van der Waals surface area contributed by atoms with Crippen molar-refractivity contribution >= 4 is 17.6 Å². The Labute approximate surface area is 73.4 Å². The molecule has 0 spiro atoms. The van der Waals surface area contributed by atoms with Gasteiger partial charge in [-0.2, -0.15) is 0 Å². The van der Waals surface area contributed by atoms with Crippen LogP contribution in [0.3, 0.4) is 0 Å². The lowest BCUT2D eigenvalue weighted by molar-refractivity contribution is -0.160. The zero-order valence-corrected chi connectivity index (χ0v) is 6.69. The van der Waals surface area contributed by atoms with E-state index >= 15 is 0 Å². The maximum atomic E-state index is 10.5. The molecule has 0 unspecified atom stereocenters. The van der Waals surface area contributed by atoms with Gasteiger partial charge in [0.15, 0.2) is 0 Å². The zero-order valence-electron chi connectivity index (χ0n) is 5.94. The first-order valence-electron chi connectivity index (χ1n) is 3.17. The van der Waals surface area contributed by atoms with Crippen LogP contribution in [0.15, 0.2) is 23.3 Å². The molecule has 4 nitrogen and oxygen atoms in total. The first-order valence-corrected chi connectivity index (χ1v) is 3.55. The maximum Gasteiger partial charge on any atom is 0.342 e. The van der Waals surface area contributed by atoms with Gasteiger partial charge >= 0.3 is 5.97 Å². The summed E-state index contributed by atoms with van der Waals surface area (Å²) in [6.07, 6.45) is 1.99. The maximum absolute atomic E-state index is 10.5. The molecule has 0 amide bonds. The van der Waals surface area contributed by atoms with E-state index in [0.717, 1.165) is 6.08 Å². The minimum absolute atomic E-state index is 0.0950. The predicted molar refractivity (Wildman–Crippen MR) is 41.7 cm³/mol. The molecule has 0 heterocycles. The number of carbonyl (C=O) groups is 1. The highest BCUT2D eigenvalue weighted by Gasteiger charge is 2.44. The SMILES string of the molecule is O=C(O)[C@@]1(O)C=CC=C(Cl)[C@@H]1O.